The van der Waals surface area contributed by atoms with Crippen molar-refractivity contribution in [3.8, 4) is 0 Å². The van der Waals surface area contributed by atoms with Crippen LogP contribution < -0.4 is 5.32 Å². The van der Waals surface area contributed by atoms with Gasteiger partial charge in [-0.15, -0.1) is 0 Å². The quantitative estimate of drug-likeness (QED) is 0.843. The van der Waals surface area contributed by atoms with Crippen LogP contribution in [0.5, 0.6) is 0 Å². The van der Waals surface area contributed by atoms with Crippen molar-refractivity contribution in [2.75, 3.05) is 0 Å². The van der Waals surface area contributed by atoms with Crippen LogP contribution in [-0.4, -0.2) is 33.8 Å². The Hall–Kier alpha value is -1.06. The summed E-state index contributed by atoms with van der Waals surface area (Å²) >= 11 is 0. The van der Waals surface area contributed by atoms with Gasteiger partial charge in [-0.1, -0.05) is 34.6 Å². The maximum atomic E-state index is 12.9. The smallest absolute Gasteiger partial charge is 0.248 e. The molecule has 0 aromatic heterocycles. The minimum absolute atomic E-state index is 0.0238. The molecule has 1 N–H and O–H groups in total. The standard InChI is InChI=1S/C16H30N2O2/c1-8-16(9-2,10-3)18-12(11(4)5)13(19)17-15(6,7)14(18)20/h11-12H,8-10H2,1-7H3,(H,17,19). The molecule has 4 nitrogen and oxygen atoms in total. The SMILES string of the molecule is CCC(CC)(CC)N1C(=O)C(C)(C)NC(=O)C1C(C)C. The van der Waals surface area contributed by atoms with Crippen LogP contribution in [0.1, 0.15) is 67.7 Å². The Bertz CT molecular complexity index is 376. The van der Waals surface area contributed by atoms with E-state index in [0.29, 0.717) is 0 Å². The van der Waals surface area contributed by atoms with Gasteiger partial charge in [0, 0.05) is 5.54 Å². The summed E-state index contributed by atoms with van der Waals surface area (Å²) in [7, 11) is 0. The minimum atomic E-state index is -0.812. The molecule has 116 valence electrons. The lowest BCUT2D eigenvalue weighted by Crippen LogP contribution is -2.74. The number of nitrogens with zero attached hydrogens (tertiary/aromatic N) is 1. The van der Waals surface area contributed by atoms with E-state index in [1.807, 2.05) is 18.7 Å². The highest BCUT2D eigenvalue weighted by atomic mass is 16.2. The summed E-state index contributed by atoms with van der Waals surface area (Å²) < 4.78 is 0. The predicted molar refractivity (Wildman–Crippen MR) is 81.3 cm³/mol. The van der Waals surface area contributed by atoms with Crippen LogP contribution in [0.25, 0.3) is 0 Å². The highest BCUT2D eigenvalue weighted by molar-refractivity contribution is 5.99. The second-order valence-electron chi connectivity index (χ2n) is 6.76. The van der Waals surface area contributed by atoms with Crippen molar-refractivity contribution in [3.05, 3.63) is 0 Å². The molecule has 4 heteroatoms. The second kappa shape index (κ2) is 5.74. The van der Waals surface area contributed by atoms with Crippen LogP contribution in [-0.2, 0) is 9.59 Å². The molecule has 1 atom stereocenters. The van der Waals surface area contributed by atoms with E-state index in [0.717, 1.165) is 19.3 Å². The molecule has 0 radical (unpaired) electrons. The largest absolute Gasteiger partial charge is 0.340 e. The van der Waals surface area contributed by atoms with Crippen LogP contribution in [0, 0.1) is 5.92 Å². The van der Waals surface area contributed by atoms with Gasteiger partial charge in [-0.25, -0.2) is 0 Å². The van der Waals surface area contributed by atoms with Crippen LogP contribution in [0.2, 0.25) is 0 Å². The number of hydrogen-bond acceptors (Lipinski definition) is 2. The molecule has 1 heterocycles. The van der Waals surface area contributed by atoms with Gasteiger partial charge in [-0.2, -0.15) is 0 Å². The Morgan fingerprint density at radius 2 is 1.60 bits per heavy atom. The zero-order valence-electron chi connectivity index (χ0n) is 14.0. The van der Waals surface area contributed by atoms with Gasteiger partial charge in [-0.3, -0.25) is 9.59 Å². The average Bonchev–Trinajstić information content (AvgIpc) is 2.36. The Labute approximate surface area is 123 Å². The topological polar surface area (TPSA) is 49.4 Å². The Kier molecular flexibility index (Phi) is 4.88. The fourth-order valence-corrected chi connectivity index (χ4v) is 3.35. The lowest BCUT2D eigenvalue weighted by atomic mass is 9.80. The van der Waals surface area contributed by atoms with Gasteiger partial charge in [-0.05, 0) is 39.0 Å². The van der Waals surface area contributed by atoms with Gasteiger partial charge in [0.2, 0.25) is 11.8 Å². The zero-order chi connectivity index (χ0) is 15.7. The van der Waals surface area contributed by atoms with Crippen molar-refractivity contribution in [2.24, 2.45) is 5.92 Å². The summed E-state index contributed by atoms with van der Waals surface area (Å²) in [6, 6.07) is -0.365. The summed E-state index contributed by atoms with van der Waals surface area (Å²) in [4.78, 5) is 27.3. The lowest BCUT2D eigenvalue weighted by Gasteiger charge is -2.53. The third kappa shape index (κ3) is 2.57. The maximum absolute atomic E-state index is 12.9. The molecule has 1 saturated heterocycles. The van der Waals surface area contributed by atoms with Crippen LogP contribution in [0.15, 0.2) is 0 Å². The Morgan fingerprint density at radius 3 is 1.95 bits per heavy atom. The first kappa shape index (κ1) is 17.0. The fraction of sp³-hybridized carbons (Fsp3) is 0.875. The van der Waals surface area contributed by atoms with Gasteiger partial charge >= 0.3 is 0 Å². The van der Waals surface area contributed by atoms with Crippen molar-refractivity contribution in [3.63, 3.8) is 0 Å². The van der Waals surface area contributed by atoms with Gasteiger partial charge in [0.05, 0.1) is 0 Å². The van der Waals surface area contributed by atoms with Crippen LogP contribution >= 0.6 is 0 Å². The summed E-state index contributed by atoms with van der Waals surface area (Å²) in [5.74, 6) is 0.129. The molecule has 1 fully saturated rings. The molecule has 0 spiro atoms. The molecule has 0 aromatic rings. The molecule has 2 amide bonds. The number of piperazine rings is 1. The predicted octanol–water partition coefficient (Wildman–Crippen LogP) is 2.72. The first-order valence-corrected chi connectivity index (χ1v) is 7.82. The summed E-state index contributed by atoms with van der Waals surface area (Å²) in [6.07, 6.45) is 2.62. The third-order valence-corrected chi connectivity index (χ3v) is 4.85. The maximum Gasteiger partial charge on any atom is 0.248 e. The first-order chi connectivity index (χ1) is 9.16. The monoisotopic (exact) mass is 282 g/mol. The molecule has 20 heavy (non-hydrogen) atoms. The van der Waals surface area contributed by atoms with Gasteiger partial charge in [0.15, 0.2) is 0 Å². The van der Waals surface area contributed by atoms with Gasteiger partial charge in [0.25, 0.3) is 0 Å². The number of amides is 2. The van der Waals surface area contributed by atoms with Crippen LogP contribution in [0.4, 0.5) is 0 Å². The first-order valence-electron chi connectivity index (χ1n) is 7.82. The van der Waals surface area contributed by atoms with E-state index in [4.69, 9.17) is 0 Å². The van der Waals surface area contributed by atoms with Crippen molar-refractivity contribution in [1.82, 2.24) is 10.2 Å². The Balaban J connectivity index is 3.39. The minimum Gasteiger partial charge on any atom is -0.340 e. The molecule has 1 aliphatic rings. The Morgan fingerprint density at radius 1 is 1.15 bits per heavy atom. The van der Waals surface area contributed by atoms with Crippen molar-refractivity contribution < 1.29 is 9.59 Å². The average molecular weight is 282 g/mol. The molecule has 0 bridgehead atoms. The fourth-order valence-electron chi connectivity index (χ4n) is 3.35. The number of nitrogens with one attached hydrogen (secondary N) is 1. The van der Waals surface area contributed by atoms with E-state index in [2.05, 4.69) is 26.1 Å². The molecule has 0 aliphatic carbocycles. The van der Waals surface area contributed by atoms with Gasteiger partial charge < -0.3 is 10.2 Å². The molecule has 0 saturated carbocycles. The number of rotatable bonds is 5. The van der Waals surface area contributed by atoms with E-state index in [1.165, 1.54) is 0 Å². The number of hydrogen-bond donors (Lipinski definition) is 1. The number of carbonyl (C=O) groups excluding carboxylic acids is 2. The normalized spacial score (nSPS) is 23.2. The number of carbonyl (C=O) groups is 2. The van der Waals surface area contributed by atoms with Crippen molar-refractivity contribution >= 4 is 11.8 Å². The zero-order valence-corrected chi connectivity index (χ0v) is 14.0. The molecule has 1 unspecified atom stereocenters. The van der Waals surface area contributed by atoms with Crippen molar-refractivity contribution in [2.45, 2.75) is 84.8 Å². The highest BCUT2D eigenvalue weighted by Crippen LogP contribution is 2.36. The van der Waals surface area contributed by atoms with E-state index in [9.17, 15) is 9.59 Å². The molecular formula is C16H30N2O2. The molecule has 1 rings (SSSR count). The summed E-state index contributed by atoms with van der Waals surface area (Å²) in [5, 5.41) is 2.88. The van der Waals surface area contributed by atoms with E-state index < -0.39 is 5.54 Å². The second-order valence-corrected chi connectivity index (χ2v) is 6.76. The molecular weight excluding hydrogens is 252 g/mol. The molecule has 1 aliphatic heterocycles. The molecule has 0 aromatic carbocycles. The summed E-state index contributed by atoms with van der Waals surface area (Å²) in [6.45, 7) is 13.9. The summed E-state index contributed by atoms with van der Waals surface area (Å²) in [5.41, 5.74) is -1.03. The van der Waals surface area contributed by atoms with E-state index >= 15 is 0 Å². The van der Waals surface area contributed by atoms with Gasteiger partial charge in [0.1, 0.15) is 11.6 Å². The van der Waals surface area contributed by atoms with E-state index in [-0.39, 0.29) is 29.3 Å². The lowest BCUT2D eigenvalue weighted by molar-refractivity contribution is -0.165. The van der Waals surface area contributed by atoms with Crippen molar-refractivity contribution in [1.29, 1.82) is 0 Å². The van der Waals surface area contributed by atoms with E-state index in [1.54, 1.807) is 13.8 Å². The third-order valence-electron chi connectivity index (χ3n) is 4.85. The highest BCUT2D eigenvalue weighted by Gasteiger charge is 2.52. The van der Waals surface area contributed by atoms with Crippen LogP contribution in [0.3, 0.4) is 0 Å².